The van der Waals surface area contributed by atoms with Crippen LogP contribution in [0.3, 0.4) is 0 Å². The van der Waals surface area contributed by atoms with Gasteiger partial charge in [-0.25, -0.2) is 0 Å². The lowest BCUT2D eigenvalue weighted by Crippen LogP contribution is -2.55. The number of hydrogen-bond acceptors (Lipinski definition) is 14. The second-order valence-electron chi connectivity index (χ2n) is 14.6. The van der Waals surface area contributed by atoms with Gasteiger partial charge in [-0.1, -0.05) is 24.3 Å². The number of phenols is 14. The summed E-state index contributed by atoms with van der Waals surface area (Å²) in [5, 5.41) is 145. The standard InChI is InChI=1S/C43H34F6O14/c44-42(45,46)41(43(47,48)49,25-5-21(1-17-9-31(54)35(58)13-27(17)50)39(62)22(6-25)2-18-10-32(55)36(59)14-28(18)51)26-7-23(3-19-11-33(56)37(60)15-29(19)52)40(63)24(8-26)4-20-12-34(57)38(61)16-30(20)53/h5-16,50-63H,1-4H2. The Hall–Kier alpha value is -7.90. The van der Waals surface area contributed by atoms with Crippen molar-refractivity contribution in [1.29, 1.82) is 0 Å². The third-order valence-corrected chi connectivity index (χ3v) is 10.5. The van der Waals surface area contributed by atoms with Crippen LogP contribution in [0, 0.1) is 0 Å². The Labute approximate surface area is 349 Å². The van der Waals surface area contributed by atoms with Crippen molar-refractivity contribution in [3.05, 3.63) is 128 Å². The molecule has 0 atom stereocenters. The molecule has 0 aliphatic carbocycles. The first-order chi connectivity index (χ1) is 29.2. The van der Waals surface area contributed by atoms with Crippen molar-refractivity contribution in [2.75, 3.05) is 0 Å². The van der Waals surface area contributed by atoms with Gasteiger partial charge in [0.2, 0.25) is 5.41 Å². The van der Waals surface area contributed by atoms with Gasteiger partial charge in [0.25, 0.3) is 0 Å². The minimum absolute atomic E-state index is 0.289. The topological polar surface area (TPSA) is 283 Å². The lowest BCUT2D eigenvalue weighted by Gasteiger charge is -2.39. The Morgan fingerprint density at radius 2 is 0.444 bits per heavy atom. The molecule has 6 aromatic rings. The highest BCUT2D eigenvalue weighted by Crippen LogP contribution is 2.58. The molecule has 0 fully saturated rings. The third kappa shape index (κ3) is 8.17. The van der Waals surface area contributed by atoms with Crippen molar-refractivity contribution < 1.29 is 97.8 Å². The largest absolute Gasteiger partial charge is 0.508 e. The molecule has 14 nitrogen and oxygen atoms in total. The van der Waals surface area contributed by atoms with Crippen LogP contribution < -0.4 is 0 Å². The molecule has 0 saturated carbocycles. The lowest BCUT2D eigenvalue weighted by molar-refractivity contribution is -0.288. The second-order valence-corrected chi connectivity index (χ2v) is 14.6. The highest BCUT2D eigenvalue weighted by molar-refractivity contribution is 5.61. The minimum atomic E-state index is -6.43. The molecule has 0 aliphatic heterocycles. The van der Waals surface area contributed by atoms with E-state index in [1.54, 1.807) is 0 Å². The van der Waals surface area contributed by atoms with Crippen LogP contribution in [0.2, 0.25) is 0 Å². The lowest BCUT2D eigenvalue weighted by atomic mass is 9.70. The van der Waals surface area contributed by atoms with Crippen molar-refractivity contribution >= 4 is 0 Å². The van der Waals surface area contributed by atoms with E-state index in [0.29, 0.717) is 48.5 Å². The minimum Gasteiger partial charge on any atom is -0.508 e. The zero-order valence-electron chi connectivity index (χ0n) is 31.8. The van der Waals surface area contributed by atoms with E-state index in [2.05, 4.69) is 0 Å². The zero-order valence-corrected chi connectivity index (χ0v) is 31.8. The van der Waals surface area contributed by atoms with Crippen molar-refractivity contribution in [3.8, 4) is 80.5 Å². The molecule has 0 unspecified atom stereocenters. The van der Waals surface area contributed by atoms with Crippen LogP contribution in [0.4, 0.5) is 26.3 Å². The Bertz CT molecular complexity index is 2440. The quantitative estimate of drug-likeness (QED) is 0.0364. The Morgan fingerprint density at radius 1 is 0.254 bits per heavy atom. The third-order valence-electron chi connectivity index (χ3n) is 10.5. The molecule has 0 aliphatic rings. The first kappa shape index (κ1) is 44.6. The van der Waals surface area contributed by atoms with Crippen LogP contribution in [-0.4, -0.2) is 83.8 Å². The summed E-state index contributed by atoms with van der Waals surface area (Å²) in [6.07, 6.45) is -16.6. The van der Waals surface area contributed by atoms with Gasteiger partial charge in [-0.2, -0.15) is 26.3 Å². The fraction of sp³-hybridized carbons (Fsp3) is 0.163. The summed E-state index contributed by atoms with van der Waals surface area (Å²) in [4.78, 5) is 0. The average molecular weight is 889 g/mol. The molecule has 0 aromatic heterocycles. The number of aromatic hydroxyl groups is 14. The number of rotatable bonds is 10. The van der Waals surface area contributed by atoms with Crippen LogP contribution in [0.5, 0.6) is 80.5 Å². The fourth-order valence-corrected chi connectivity index (χ4v) is 7.30. The average Bonchev–Trinajstić information content (AvgIpc) is 3.16. The van der Waals surface area contributed by atoms with Crippen LogP contribution in [0.25, 0.3) is 0 Å². The van der Waals surface area contributed by atoms with E-state index >= 15 is 26.3 Å². The van der Waals surface area contributed by atoms with Crippen LogP contribution in [0.15, 0.2) is 72.8 Å². The van der Waals surface area contributed by atoms with Gasteiger partial charge in [0, 0.05) is 72.2 Å². The van der Waals surface area contributed by atoms with E-state index in [1.807, 2.05) is 0 Å². The molecule has 14 N–H and O–H groups in total. The molecule has 0 saturated heterocycles. The summed E-state index contributed by atoms with van der Waals surface area (Å²) < 4.78 is 96.5. The van der Waals surface area contributed by atoms with E-state index < -0.39 is 180 Å². The number of phenolic OH excluding ortho intramolecular Hbond substituents is 14. The van der Waals surface area contributed by atoms with Crippen LogP contribution in [0.1, 0.15) is 55.6 Å². The van der Waals surface area contributed by atoms with Gasteiger partial charge in [-0.3, -0.25) is 0 Å². The number of alkyl halides is 6. The molecular formula is C43H34F6O14. The SMILES string of the molecule is Oc1cc(O)c(Cc2cc(C(c3cc(Cc4cc(O)c(O)cc4O)c(O)c(Cc4cc(O)c(O)cc4O)c3)(C(F)(F)F)C(F)(F)F)cc(Cc3cc(O)c(O)cc3O)c2O)cc1O. The van der Waals surface area contributed by atoms with Crippen molar-refractivity contribution in [3.63, 3.8) is 0 Å². The maximum absolute atomic E-state index is 16.1. The Kier molecular flexibility index (Phi) is 11.2. The van der Waals surface area contributed by atoms with Gasteiger partial charge in [-0.05, 0) is 57.6 Å². The Balaban J connectivity index is 1.72. The first-order valence-corrected chi connectivity index (χ1v) is 18.0. The van der Waals surface area contributed by atoms with Gasteiger partial charge in [0.05, 0.1) is 0 Å². The number of halogens is 6. The fourth-order valence-electron chi connectivity index (χ4n) is 7.30. The van der Waals surface area contributed by atoms with Crippen molar-refractivity contribution in [2.45, 2.75) is 43.5 Å². The summed E-state index contributed by atoms with van der Waals surface area (Å²) in [5.41, 5.74) is -13.3. The van der Waals surface area contributed by atoms with Crippen LogP contribution >= 0.6 is 0 Å². The van der Waals surface area contributed by atoms with E-state index in [1.165, 1.54) is 0 Å². The Morgan fingerprint density at radius 3 is 0.635 bits per heavy atom. The van der Waals surface area contributed by atoms with E-state index in [4.69, 9.17) is 0 Å². The highest BCUT2D eigenvalue weighted by Gasteiger charge is 2.73. The second kappa shape index (κ2) is 15.9. The smallest absolute Gasteiger partial charge is 0.411 e. The molecule has 63 heavy (non-hydrogen) atoms. The molecule has 0 radical (unpaired) electrons. The molecule has 6 rings (SSSR count). The van der Waals surface area contributed by atoms with Crippen LogP contribution in [-0.2, 0) is 31.1 Å². The number of benzene rings is 6. The van der Waals surface area contributed by atoms with Gasteiger partial charge in [0.15, 0.2) is 46.0 Å². The van der Waals surface area contributed by atoms with Gasteiger partial charge < -0.3 is 71.5 Å². The van der Waals surface area contributed by atoms with E-state index in [9.17, 15) is 71.5 Å². The van der Waals surface area contributed by atoms with E-state index in [0.717, 1.165) is 0 Å². The molecule has 6 aromatic carbocycles. The van der Waals surface area contributed by atoms with E-state index in [-0.39, 0.29) is 24.3 Å². The molecule has 0 heterocycles. The molecule has 332 valence electrons. The zero-order chi connectivity index (χ0) is 46.7. The maximum Gasteiger partial charge on any atom is 0.411 e. The molecule has 0 spiro atoms. The molecular weight excluding hydrogens is 854 g/mol. The highest BCUT2D eigenvalue weighted by atomic mass is 19.4. The summed E-state index contributed by atoms with van der Waals surface area (Å²) in [7, 11) is 0. The molecule has 0 amide bonds. The van der Waals surface area contributed by atoms with Gasteiger partial charge in [0.1, 0.15) is 34.5 Å². The summed E-state index contributed by atoms with van der Waals surface area (Å²) >= 11 is 0. The summed E-state index contributed by atoms with van der Waals surface area (Å²) in [6, 6.07) is 6.44. The van der Waals surface area contributed by atoms with Gasteiger partial charge in [-0.15, -0.1) is 0 Å². The van der Waals surface area contributed by atoms with Crippen molar-refractivity contribution in [2.24, 2.45) is 0 Å². The summed E-state index contributed by atoms with van der Waals surface area (Å²) in [5.74, 6) is -12.3. The summed E-state index contributed by atoms with van der Waals surface area (Å²) in [6.45, 7) is 0. The predicted octanol–water partition coefficient (Wildman–Crippen LogP) is 7.34. The van der Waals surface area contributed by atoms with Crippen molar-refractivity contribution in [1.82, 2.24) is 0 Å². The monoisotopic (exact) mass is 888 g/mol. The molecule has 20 heteroatoms. The van der Waals surface area contributed by atoms with Gasteiger partial charge >= 0.3 is 12.4 Å². The number of hydrogen-bond donors (Lipinski definition) is 14. The molecule has 0 bridgehead atoms. The first-order valence-electron chi connectivity index (χ1n) is 18.0. The maximum atomic E-state index is 16.1. The predicted molar refractivity (Wildman–Crippen MR) is 206 cm³/mol. The normalized spacial score (nSPS) is 12.2.